The number of pyridine rings is 1. The largest absolute Gasteiger partial charge is 0.514 e. The van der Waals surface area contributed by atoms with Gasteiger partial charge in [0, 0.05) is 12.8 Å². The van der Waals surface area contributed by atoms with E-state index in [4.69, 9.17) is 26.0 Å². The third-order valence-corrected chi connectivity index (χ3v) is 4.17. The average Bonchev–Trinajstić information content (AvgIpc) is 2.51. The average molecular weight is 284 g/mol. The highest BCUT2D eigenvalue weighted by atomic mass is 35.5. The molecule has 2 rings (SSSR count). The smallest absolute Gasteiger partial charge is 0.398 e. The highest BCUT2D eigenvalue weighted by Gasteiger charge is 2.52. The van der Waals surface area contributed by atoms with Crippen molar-refractivity contribution in [3.05, 3.63) is 22.8 Å². The van der Waals surface area contributed by atoms with Gasteiger partial charge in [-0.15, -0.1) is 0 Å². The van der Waals surface area contributed by atoms with Crippen LogP contribution in [0.5, 0.6) is 0 Å². The minimum Gasteiger partial charge on any atom is -0.398 e. The summed E-state index contributed by atoms with van der Waals surface area (Å²) < 4.78 is 11.9. The highest BCUT2D eigenvalue weighted by Crippen LogP contribution is 2.36. The van der Waals surface area contributed by atoms with Gasteiger partial charge in [0.25, 0.3) is 0 Å². The molecule has 1 saturated heterocycles. The Hall–Kier alpha value is -0.615. The van der Waals surface area contributed by atoms with E-state index < -0.39 is 18.3 Å². The molecule has 1 aromatic rings. The molecule has 0 saturated carbocycles. The zero-order valence-corrected chi connectivity index (χ0v) is 12.5. The lowest BCUT2D eigenvalue weighted by Crippen LogP contribution is -2.41. The molecule has 1 aliphatic heterocycles. The number of nitrogens with zero attached hydrogens (tertiary/aromatic N) is 1. The van der Waals surface area contributed by atoms with Gasteiger partial charge in [-0.2, -0.15) is 0 Å². The number of aliphatic hydroxyl groups excluding tert-OH is 1. The maximum absolute atomic E-state index is 9.02. The quantitative estimate of drug-likeness (QED) is 0.856. The topological polar surface area (TPSA) is 51.6 Å². The lowest BCUT2D eigenvalue weighted by molar-refractivity contribution is 0.00578. The first-order chi connectivity index (χ1) is 8.77. The second kappa shape index (κ2) is 5.06. The van der Waals surface area contributed by atoms with Crippen LogP contribution in [0.4, 0.5) is 0 Å². The van der Waals surface area contributed by atoms with E-state index in [9.17, 15) is 0 Å². The van der Waals surface area contributed by atoms with E-state index in [1.807, 2.05) is 33.8 Å². The van der Waals surface area contributed by atoms with Crippen LogP contribution in [0.3, 0.4) is 0 Å². The molecule has 0 spiro atoms. The minimum absolute atomic E-state index is 0.0482. The van der Waals surface area contributed by atoms with Crippen LogP contribution >= 0.6 is 11.6 Å². The van der Waals surface area contributed by atoms with Gasteiger partial charge in [-0.05, 0) is 45.7 Å². The molecule has 2 heterocycles. The first kappa shape index (κ1) is 14.8. The van der Waals surface area contributed by atoms with Crippen LogP contribution in [0.1, 0.15) is 33.3 Å². The lowest BCUT2D eigenvalue weighted by Gasteiger charge is -2.32. The molecule has 1 N–H and O–H groups in total. The summed E-state index contributed by atoms with van der Waals surface area (Å²) in [7, 11) is -0.500. The summed E-state index contributed by atoms with van der Waals surface area (Å²) in [5.74, 6) is 0. The molecule has 0 aromatic carbocycles. The van der Waals surface area contributed by atoms with Crippen LogP contribution in [0, 0.1) is 0 Å². The predicted octanol–water partition coefficient (Wildman–Crippen LogP) is 1.57. The number of aromatic nitrogens is 1. The Kier molecular flexibility index (Phi) is 3.93. The Morgan fingerprint density at radius 1 is 1.26 bits per heavy atom. The van der Waals surface area contributed by atoms with Crippen LogP contribution < -0.4 is 5.59 Å². The molecule has 19 heavy (non-hydrogen) atoms. The summed E-state index contributed by atoms with van der Waals surface area (Å²) >= 11 is 6.04. The molecule has 0 bridgehead atoms. The maximum Gasteiger partial charge on any atom is 0.514 e. The van der Waals surface area contributed by atoms with E-state index in [1.165, 1.54) is 0 Å². The lowest BCUT2D eigenvalue weighted by atomic mass is 9.83. The second-order valence-corrected chi connectivity index (χ2v) is 6.17. The van der Waals surface area contributed by atoms with E-state index in [-0.39, 0.29) is 6.61 Å². The molecular formula is C13H19BClNO3. The Morgan fingerprint density at radius 3 is 2.37 bits per heavy atom. The van der Waals surface area contributed by atoms with Crippen molar-refractivity contribution >= 4 is 24.3 Å². The van der Waals surface area contributed by atoms with Gasteiger partial charge in [-0.3, -0.25) is 4.98 Å². The van der Waals surface area contributed by atoms with Crippen molar-refractivity contribution in [3.63, 3.8) is 0 Å². The Labute approximate surface area is 119 Å². The minimum atomic E-state index is -0.500. The number of hydrogen-bond acceptors (Lipinski definition) is 4. The number of hydrogen-bond donors (Lipinski definition) is 1. The summed E-state index contributed by atoms with van der Waals surface area (Å²) in [5.41, 5.74) is 0.752. The fourth-order valence-electron chi connectivity index (χ4n) is 1.90. The van der Waals surface area contributed by atoms with Crippen molar-refractivity contribution in [2.45, 2.75) is 45.3 Å². The van der Waals surface area contributed by atoms with Crippen molar-refractivity contribution in [2.24, 2.45) is 0 Å². The Bertz CT molecular complexity index is 463. The van der Waals surface area contributed by atoms with Crippen molar-refractivity contribution in [2.75, 3.05) is 6.61 Å². The van der Waals surface area contributed by atoms with E-state index in [0.29, 0.717) is 17.0 Å². The van der Waals surface area contributed by atoms with Gasteiger partial charge in [-0.25, -0.2) is 0 Å². The summed E-state index contributed by atoms with van der Waals surface area (Å²) in [6.07, 6.45) is 2.07. The normalized spacial score (nSPS) is 20.8. The number of aliphatic hydroxyl groups is 1. The van der Waals surface area contributed by atoms with Crippen LogP contribution in [-0.4, -0.2) is 35.0 Å². The molecule has 4 nitrogen and oxygen atoms in total. The van der Waals surface area contributed by atoms with Gasteiger partial charge in [0.05, 0.1) is 21.8 Å². The van der Waals surface area contributed by atoms with Crippen molar-refractivity contribution in [1.29, 1.82) is 0 Å². The van der Waals surface area contributed by atoms with Crippen molar-refractivity contribution < 1.29 is 14.4 Å². The third kappa shape index (κ3) is 2.79. The predicted molar refractivity (Wildman–Crippen MR) is 75.8 cm³/mol. The van der Waals surface area contributed by atoms with Gasteiger partial charge >= 0.3 is 7.12 Å². The Morgan fingerprint density at radius 2 is 1.84 bits per heavy atom. The van der Waals surface area contributed by atoms with Crippen LogP contribution in [-0.2, 0) is 15.7 Å². The van der Waals surface area contributed by atoms with Crippen LogP contribution in [0.25, 0.3) is 0 Å². The Balaban J connectivity index is 2.27. The first-order valence-corrected chi connectivity index (χ1v) is 6.75. The number of halogens is 1. The van der Waals surface area contributed by atoms with Gasteiger partial charge in [0.15, 0.2) is 0 Å². The van der Waals surface area contributed by atoms with Gasteiger partial charge in [0.2, 0.25) is 0 Å². The molecule has 1 aliphatic rings. The van der Waals surface area contributed by atoms with Crippen molar-refractivity contribution in [1.82, 2.24) is 4.98 Å². The van der Waals surface area contributed by atoms with E-state index >= 15 is 0 Å². The molecule has 1 fully saturated rings. The first-order valence-electron chi connectivity index (χ1n) is 6.37. The summed E-state index contributed by atoms with van der Waals surface area (Å²) in [6.45, 7) is 8.04. The molecule has 6 heteroatoms. The molecule has 0 amide bonds. The summed E-state index contributed by atoms with van der Waals surface area (Å²) in [6, 6.07) is 1.83. The highest BCUT2D eigenvalue weighted by molar-refractivity contribution is 6.61. The summed E-state index contributed by atoms with van der Waals surface area (Å²) in [5, 5.41) is 9.58. The van der Waals surface area contributed by atoms with E-state index in [1.54, 1.807) is 6.20 Å². The SMILES string of the molecule is CC1(C)OB(c2cc(CCO)c(Cl)cn2)OC1(C)C. The molecule has 104 valence electrons. The molecule has 0 radical (unpaired) electrons. The fraction of sp³-hybridized carbons (Fsp3) is 0.615. The maximum atomic E-state index is 9.02. The van der Waals surface area contributed by atoms with Crippen molar-refractivity contribution in [3.8, 4) is 0 Å². The monoisotopic (exact) mass is 283 g/mol. The molecule has 0 aliphatic carbocycles. The number of rotatable bonds is 3. The van der Waals surface area contributed by atoms with E-state index in [0.717, 1.165) is 5.56 Å². The molecule has 1 aromatic heterocycles. The fourth-order valence-corrected chi connectivity index (χ4v) is 2.10. The molecule has 0 atom stereocenters. The zero-order chi connectivity index (χ0) is 14.3. The zero-order valence-electron chi connectivity index (χ0n) is 11.7. The molecule has 0 unspecified atom stereocenters. The second-order valence-electron chi connectivity index (χ2n) is 5.76. The standard InChI is InChI=1S/C13H19BClNO3/c1-12(2)13(3,4)19-14(18-12)11-7-9(5-6-17)10(15)8-16-11/h7-8,17H,5-6H2,1-4H3. The third-order valence-electron chi connectivity index (χ3n) is 3.83. The van der Waals surface area contributed by atoms with E-state index in [2.05, 4.69) is 4.98 Å². The van der Waals surface area contributed by atoms with Crippen LogP contribution in [0.15, 0.2) is 12.3 Å². The van der Waals surface area contributed by atoms with Gasteiger partial charge in [-0.1, -0.05) is 11.6 Å². The molecular weight excluding hydrogens is 264 g/mol. The summed E-state index contributed by atoms with van der Waals surface area (Å²) in [4.78, 5) is 4.27. The van der Waals surface area contributed by atoms with Crippen LogP contribution in [0.2, 0.25) is 5.02 Å². The van der Waals surface area contributed by atoms with Gasteiger partial charge < -0.3 is 14.4 Å². The van der Waals surface area contributed by atoms with Gasteiger partial charge in [0.1, 0.15) is 0 Å².